The highest BCUT2D eigenvalue weighted by Gasteiger charge is 2.40. The summed E-state index contributed by atoms with van der Waals surface area (Å²) in [6.07, 6.45) is 5.40. The monoisotopic (exact) mass is 440 g/mol. The first-order valence-corrected chi connectivity index (χ1v) is 9.42. The van der Waals surface area contributed by atoms with Gasteiger partial charge in [0, 0.05) is 49.3 Å². The van der Waals surface area contributed by atoms with Crippen molar-refractivity contribution in [1.29, 1.82) is 0 Å². The highest BCUT2D eigenvalue weighted by Crippen LogP contribution is 2.36. The van der Waals surface area contributed by atoms with Gasteiger partial charge >= 0.3 is 0 Å². The summed E-state index contributed by atoms with van der Waals surface area (Å²) in [4.78, 5) is 7.13. The van der Waals surface area contributed by atoms with Gasteiger partial charge in [-0.2, -0.15) is 11.8 Å². The minimum atomic E-state index is 0. The fraction of sp³-hybridized carbons (Fsp3) is 0.938. The molecule has 0 amide bonds. The third kappa shape index (κ3) is 5.74. The Morgan fingerprint density at radius 2 is 1.77 bits per heavy atom. The van der Waals surface area contributed by atoms with Crippen LogP contribution in [0, 0.1) is 0 Å². The van der Waals surface area contributed by atoms with Crippen LogP contribution in [-0.4, -0.2) is 60.1 Å². The van der Waals surface area contributed by atoms with Crippen molar-refractivity contribution in [1.82, 2.24) is 15.5 Å². The van der Waals surface area contributed by atoms with E-state index in [0.29, 0.717) is 5.54 Å². The van der Waals surface area contributed by atoms with Crippen molar-refractivity contribution in [2.75, 3.05) is 38.2 Å². The van der Waals surface area contributed by atoms with E-state index in [1.807, 2.05) is 7.05 Å². The van der Waals surface area contributed by atoms with E-state index in [4.69, 9.17) is 0 Å². The lowest BCUT2D eigenvalue weighted by atomic mass is 9.94. The molecule has 1 saturated carbocycles. The largest absolute Gasteiger partial charge is 0.355 e. The number of hydrogen-bond donors (Lipinski definition) is 2. The summed E-state index contributed by atoms with van der Waals surface area (Å²) in [5.41, 5.74) is 0.406. The number of halogens is 1. The Morgan fingerprint density at radius 1 is 1.18 bits per heavy atom. The van der Waals surface area contributed by atoms with Crippen molar-refractivity contribution >= 4 is 41.7 Å². The number of nitrogens with zero attached hydrogens (tertiary/aromatic N) is 2. The molecule has 0 aromatic heterocycles. The highest BCUT2D eigenvalue weighted by molar-refractivity contribution is 14.0. The number of aliphatic imine (C=N–C) groups is 1. The summed E-state index contributed by atoms with van der Waals surface area (Å²) in [5.74, 6) is 3.51. The van der Waals surface area contributed by atoms with E-state index >= 15 is 0 Å². The molecular weight excluding hydrogens is 407 g/mol. The molecule has 1 heterocycles. The van der Waals surface area contributed by atoms with Gasteiger partial charge in [0.2, 0.25) is 0 Å². The van der Waals surface area contributed by atoms with Crippen LogP contribution in [-0.2, 0) is 0 Å². The van der Waals surface area contributed by atoms with Crippen molar-refractivity contribution in [2.24, 2.45) is 4.99 Å². The first-order chi connectivity index (χ1) is 9.95. The number of thioether (sulfide) groups is 1. The molecule has 2 aliphatic rings. The van der Waals surface area contributed by atoms with Gasteiger partial charge < -0.3 is 10.6 Å². The van der Waals surface area contributed by atoms with Crippen molar-refractivity contribution in [2.45, 2.75) is 57.5 Å². The Labute approximate surface area is 157 Å². The van der Waals surface area contributed by atoms with E-state index in [1.165, 1.54) is 50.3 Å². The Bertz CT molecular complexity index is 356. The Hall–Kier alpha value is 0.310. The second kappa shape index (κ2) is 8.97. The SMILES string of the molecule is CN=C(NCC1(N2CCSCC2)CCCC1)NC(C)(C)C.I. The summed E-state index contributed by atoms with van der Waals surface area (Å²) >= 11 is 2.09. The molecule has 1 aliphatic heterocycles. The molecule has 1 saturated heterocycles. The molecule has 0 atom stereocenters. The van der Waals surface area contributed by atoms with Crippen LogP contribution in [0.2, 0.25) is 0 Å². The zero-order chi connectivity index (χ0) is 15.3. The van der Waals surface area contributed by atoms with Gasteiger partial charge in [0.15, 0.2) is 5.96 Å². The molecule has 0 unspecified atom stereocenters. The number of rotatable bonds is 3. The van der Waals surface area contributed by atoms with Crippen molar-refractivity contribution in [3.8, 4) is 0 Å². The number of guanidine groups is 1. The lowest BCUT2D eigenvalue weighted by Crippen LogP contribution is -2.58. The van der Waals surface area contributed by atoms with Gasteiger partial charge in [-0.25, -0.2) is 0 Å². The van der Waals surface area contributed by atoms with Crippen LogP contribution in [0.3, 0.4) is 0 Å². The van der Waals surface area contributed by atoms with Crippen LogP contribution >= 0.6 is 35.7 Å². The third-order valence-electron chi connectivity index (χ3n) is 4.52. The molecule has 2 N–H and O–H groups in total. The van der Waals surface area contributed by atoms with Gasteiger partial charge in [-0.1, -0.05) is 12.8 Å². The van der Waals surface area contributed by atoms with Gasteiger partial charge in [0.1, 0.15) is 0 Å². The quantitative estimate of drug-likeness (QED) is 0.402. The summed E-state index contributed by atoms with van der Waals surface area (Å²) < 4.78 is 0. The average molecular weight is 440 g/mol. The Balaban J connectivity index is 0.00000242. The van der Waals surface area contributed by atoms with Gasteiger partial charge in [0.05, 0.1) is 0 Å². The van der Waals surface area contributed by atoms with Crippen LogP contribution < -0.4 is 10.6 Å². The summed E-state index contributed by atoms with van der Waals surface area (Å²) in [7, 11) is 1.86. The molecule has 0 spiro atoms. The molecule has 6 heteroatoms. The molecule has 0 bridgehead atoms. The zero-order valence-corrected chi connectivity index (χ0v) is 17.7. The molecule has 22 heavy (non-hydrogen) atoms. The van der Waals surface area contributed by atoms with Crippen LogP contribution in [0.4, 0.5) is 0 Å². The first-order valence-electron chi connectivity index (χ1n) is 8.27. The molecular formula is C16H33IN4S. The predicted octanol–water partition coefficient (Wildman–Crippen LogP) is 2.93. The standard InChI is InChI=1S/C16H32N4S.HI/c1-15(2,3)19-14(17-4)18-13-16(7-5-6-8-16)20-9-11-21-12-10-20;/h5-13H2,1-4H3,(H2,17,18,19);1H. The van der Waals surface area contributed by atoms with E-state index in [0.717, 1.165) is 12.5 Å². The summed E-state index contributed by atoms with van der Waals surface area (Å²) in [5, 5.41) is 7.06. The molecule has 2 fully saturated rings. The van der Waals surface area contributed by atoms with Crippen LogP contribution in [0.25, 0.3) is 0 Å². The minimum Gasteiger partial charge on any atom is -0.355 e. The van der Waals surface area contributed by atoms with Crippen molar-refractivity contribution < 1.29 is 0 Å². The highest BCUT2D eigenvalue weighted by atomic mass is 127. The van der Waals surface area contributed by atoms with Gasteiger partial charge in [-0.05, 0) is 33.6 Å². The molecule has 0 aromatic carbocycles. The lowest BCUT2D eigenvalue weighted by molar-refractivity contribution is 0.107. The molecule has 2 rings (SSSR count). The van der Waals surface area contributed by atoms with E-state index in [2.05, 4.69) is 53.1 Å². The molecule has 130 valence electrons. The van der Waals surface area contributed by atoms with E-state index in [9.17, 15) is 0 Å². The number of hydrogen-bond acceptors (Lipinski definition) is 3. The topological polar surface area (TPSA) is 39.7 Å². The maximum Gasteiger partial charge on any atom is 0.191 e. The third-order valence-corrected chi connectivity index (χ3v) is 5.46. The normalized spacial score (nSPS) is 23.0. The fourth-order valence-electron chi connectivity index (χ4n) is 3.46. The summed E-state index contributed by atoms with van der Waals surface area (Å²) in [6.45, 7) is 10.0. The zero-order valence-electron chi connectivity index (χ0n) is 14.6. The number of nitrogens with one attached hydrogen (secondary N) is 2. The Kier molecular flexibility index (Phi) is 8.30. The van der Waals surface area contributed by atoms with E-state index < -0.39 is 0 Å². The maximum atomic E-state index is 4.38. The predicted molar refractivity (Wildman–Crippen MR) is 110 cm³/mol. The van der Waals surface area contributed by atoms with Crippen LogP contribution in [0.1, 0.15) is 46.5 Å². The van der Waals surface area contributed by atoms with Crippen molar-refractivity contribution in [3.63, 3.8) is 0 Å². The van der Waals surface area contributed by atoms with Gasteiger partial charge in [-0.15, -0.1) is 24.0 Å². The lowest BCUT2D eigenvalue weighted by Gasteiger charge is -2.44. The van der Waals surface area contributed by atoms with Gasteiger partial charge in [-0.3, -0.25) is 9.89 Å². The second-order valence-electron chi connectivity index (χ2n) is 7.33. The Morgan fingerprint density at radius 3 is 2.27 bits per heavy atom. The molecule has 0 radical (unpaired) electrons. The van der Waals surface area contributed by atoms with E-state index in [1.54, 1.807) is 0 Å². The second-order valence-corrected chi connectivity index (χ2v) is 8.56. The van der Waals surface area contributed by atoms with Gasteiger partial charge in [0.25, 0.3) is 0 Å². The molecule has 1 aliphatic carbocycles. The van der Waals surface area contributed by atoms with Crippen LogP contribution in [0.15, 0.2) is 4.99 Å². The molecule has 4 nitrogen and oxygen atoms in total. The minimum absolute atomic E-state index is 0. The van der Waals surface area contributed by atoms with Crippen LogP contribution in [0.5, 0.6) is 0 Å². The van der Waals surface area contributed by atoms with E-state index in [-0.39, 0.29) is 29.5 Å². The maximum absolute atomic E-state index is 4.38. The first kappa shape index (κ1) is 20.4. The molecule has 0 aromatic rings. The average Bonchev–Trinajstić information content (AvgIpc) is 2.93. The smallest absolute Gasteiger partial charge is 0.191 e. The van der Waals surface area contributed by atoms with Crippen molar-refractivity contribution in [3.05, 3.63) is 0 Å². The fourth-order valence-corrected chi connectivity index (χ4v) is 4.36. The summed E-state index contributed by atoms with van der Waals surface area (Å²) in [6, 6.07) is 0.